The number of benzene rings is 2. The molecule has 214 valence electrons. The van der Waals surface area contributed by atoms with Crippen molar-refractivity contribution in [3.05, 3.63) is 65.4 Å². The molecule has 2 aromatic carbocycles. The Balaban J connectivity index is 0.00000323. The van der Waals surface area contributed by atoms with Crippen LogP contribution in [0.1, 0.15) is 76.5 Å². The number of aromatic amines is 1. The lowest BCUT2D eigenvalue weighted by Gasteiger charge is -2.34. The predicted molar refractivity (Wildman–Crippen MR) is 166 cm³/mol. The molecule has 1 aromatic heterocycles. The summed E-state index contributed by atoms with van der Waals surface area (Å²) in [6, 6.07) is 13.5. The van der Waals surface area contributed by atoms with E-state index in [9.17, 15) is 4.79 Å². The topological polar surface area (TPSA) is 60.6 Å². The molecule has 0 bridgehead atoms. The molecule has 3 aromatic rings. The molecule has 0 atom stereocenters. The molecule has 40 heavy (non-hydrogen) atoms. The van der Waals surface area contributed by atoms with Crippen molar-refractivity contribution < 1.29 is 9.53 Å². The van der Waals surface area contributed by atoms with Gasteiger partial charge < -0.3 is 24.8 Å². The number of rotatable bonds is 4. The molecule has 1 aliphatic carbocycles. The normalized spacial score (nSPS) is 18.8. The maximum Gasteiger partial charge on any atom is 0.410 e. The number of piperidine rings is 2. The maximum absolute atomic E-state index is 12.5. The van der Waals surface area contributed by atoms with E-state index in [1.165, 1.54) is 59.1 Å². The van der Waals surface area contributed by atoms with Gasteiger partial charge in [-0.25, -0.2) is 4.79 Å². The number of aromatic nitrogens is 1. The monoisotopic (exact) mass is 542 g/mol. The second kappa shape index (κ2) is 11.3. The van der Waals surface area contributed by atoms with E-state index < -0.39 is 5.60 Å². The third kappa shape index (κ3) is 5.92. The minimum absolute atomic E-state index is 0. The zero-order valence-electron chi connectivity index (χ0n) is 23.8. The standard InChI is InChI=1S/C33H42N4O2.CH4/c1-33(2,3)39-32(38)37-17-13-23(14-18-37)27-9-6-22-5-7-25(19-29(22)27)35-26-8-10-28-30(21-34-31(28)20-26)24-11-15-36(4)16-12-24;/h5,7-10,19-21,23-24,34-35H,6,11-18H2,1-4H3;1H4. The Hall–Kier alpha value is -3.25. The number of nitrogens with zero attached hydrogens (tertiary/aromatic N) is 2. The molecule has 2 saturated heterocycles. The lowest BCUT2D eigenvalue weighted by atomic mass is 9.86. The number of H-pyrrole nitrogens is 1. The average molecular weight is 543 g/mol. The number of carbonyl (C=O) groups excluding carboxylic acids is 1. The molecular weight excluding hydrogens is 496 g/mol. The maximum atomic E-state index is 12.5. The number of carbonyl (C=O) groups is 1. The third-order valence-electron chi connectivity index (χ3n) is 8.71. The molecule has 3 aliphatic rings. The largest absolute Gasteiger partial charge is 0.444 e. The van der Waals surface area contributed by atoms with E-state index in [0.29, 0.717) is 11.8 Å². The quantitative estimate of drug-likeness (QED) is 0.351. The summed E-state index contributed by atoms with van der Waals surface area (Å²) in [5.41, 5.74) is 8.64. The number of hydrogen-bond donors (Lipinski definition) is 2. The van der Waals surface area contributed by atoms with Crippen molar-refractivity contribution in [2.75, 3.05) is 38.5 Å². The summed E-state index contributed by atoms with van der Waals surface area (Å²) >= 11 is 0. The van der Waals surface area contributed by atoms with Crippen LogP contribution < -0.4 is 5.32 Å². The number of hydrogen-bond acceptors (Lipinski definition) is 4. The van der Waals surface area contributed by atoms with Crippen LogP contribution in [0.25, 0.3) is 16.5 Å². The van der Waals surface area contributed by atoms with Gasteiger partial charge in [-0.05, 0) is 131 Å². The fourth-order valence-electron chi connectivity index (χ4n) is 6.57. The summed E-state index contributed by atoms with van der Waals surface area (Å²) in [7, 11) is 2.22. The fraction of sp³-hybridized carbons (Fsp3) is 0.500. The Kier molecular flexibility index (Phi) is 8.01. The lowest BCUT2D eigenvalue weighted by molar-refractivity contribution is 0.0200. The average Bonchev–Trinajstić information content (AvgIpc) is 3.52. The second-order valence-corrected chi connectivity index (χ2v) is 12.7. The number of ether oxygens (including phenoxy) is 1. The first-order valence-corrected chi connectivity index (χ1v) is 14.6. The number of nitrogens with one attached hydrogen (secondary N) is 2. The molecule has 0 unspecified atom stereocenters. The van der Waals surface area contributed by atoms with E-state index in [4.69, 9.17) is 4.74 Å². The number of anilines is 2. The fourth-order valence-corrected chi connectivity index (χ4v) is 6.57. The summed E-state index contributed by atoms with van der Waals surface area (Å²) in [4.78, 5) is 20.3. The molecule has 2 aliphatic heterocycles. The van der Waals surface area contributed by atoms with Gasteiger partial charge in [0, 0.05) is 41.6 Å². The number of fused-ring (bicyclic) bond motifs is 2. The van der Waals surface area contributed by atoms with Gasteiger partial charge in [0.15, 0.2) is 0 Å². The summed E-state index contributed by atoms with van der Waals surface area (Å²) in [5, 5.41) is 5.02. The highest BCUT2D eigenvalue weighted by Gasteiger charge is 2.30. The molecule has 0 radical (unpaired) electrons. The molecular formula is C34H46N4O2. The Morgan fingerprint density at radius 2 is 1.62 bits per heavy atom. The van der Waals surface area contributed by atoms with Crippen molar-refractivity contribution in [3.8, 4) is 0 Å². The van der Waals surface area contributed by atoms with Crippen LogP contribution in [0.5, 0.6) is 0 Å². The Morgan fingerprint density at radius 3 is 2.35 bits per heavy atom. The van der Waals surface area contributed by atoms with Gasteiger partial charge in [-0.1, -0.05) is 25.6 Å². The van der Waals surface area contributed by atoms with E-state index in [-0.39, 0.29) is 13.5 Å². The molecule has 6 nitrogen and oxygen atoms in total. The van der Waals surface area contributed by atoms with Crippen LogP contribution in [0.15, 0.2) is 48.7 Å². The van der Waals surface area contributed by atoms with Gasteiger partial charge in [-0.15, -0.1) is 0 Å². The van der Waals surface area contributed by atoms with Gasteiger partial charge in [-0.3, -0.25) is 0 Å². The summed E-state index contributed by atoms with van der Waals surface area (Å²) < 4.78 is 5.59. The first kappa shape index (κ1) is 28.3. The predicted octanol–water partition coefficient (Wildman–Crippen LogP) is 7.94. The van der Waals surface area contributed by atoms with Gasteiger partial charge in [-0.2, -0.15) is 0 Å². The van der Waals surface area contributed by atoms with Gasteiger partial charge >= 0.3 is 6.09 Å². The Bertz CT molecular complexity index is 1380. The summed E-state index contributed by atoms with van der Waals surface area (Å²) in [5.74, 6) is 1.13. The van der Waals surface area contributed by atoms with E-state index in [1.54, 1.807) is 0 Å². The SMILES string of the molecule is C.CN1CCC(c2c[nH]c3cc(Nc4ccc5c(c4)C(C4CCN(C(=O)OC(C)(C)C)CC4)=CC5)ccc23)CC1. The van der Waals surface area contributed by atoms with Crippen molar-refractivity contribution in [2.24, 2.45) is 5.92 Å². The Morgan fingerprint density at radius 1 is 0.950 bits per heavy atom. The van der Waals surface area contributed by atoms with Crippen molar-refractivity contribution in [3.63, 3.8) is 0 Å². The van der Waals surface area contributed by atoms with Crippen LogP contribution in [0.3, 0.4) is 0 Å². The van der Waals surface area contributed by atoms with Crippen LogP contribution >= 0.6 is 0 Å². The summed E-state index contributed by atoms with van der Waals surface area (Å²) in [6.45, 7) is 9.62. The van der Waals surface area contributed by atoms with Crippen LogP contribution in [-0.4, -0.2) is 59.7 Å². The van der Waals surface area contributed by atoms with Crippen molar-refractivity contribution >= 4 is 33.9 Å². The van der Waals surface area contributed by atoms with E-state index >= 15 is 0 Å². The van der Waals surface area contributed by atoms with Crippen molar-refractivity contribution in [1.82, 2.24) is 14.8 Å². The van der Waals surface area contributed by atoms with Gasteiger partial charge in [0.2, 0.25) is 0 Å². The number of likely N-dealkylation sites (tertiary alicyclic amines) is 2. The van der Waals surface area contributed by atoms with Crippen LogP contribution in [0.2, 0.25) is 0 Å². The van der Waals surface area contributed by atoms with Crippen molar-refractivity contribution in [1.29, 1.82) is 0 Å². The van der Waals surface area contributed by atoms with Gasteiger partial charge in [0.1, 0.15) is 5.60 Å². The molecule has 6 heteroatoms. The molecule has 0 saturated carbocycles. The number of allylic oxidation sites excluding steroid dienone is 2. The van der Waals surface area contributed by atoms with Crippen molar-refractivity contribution in [2.45, 2.75) is 71.8 Å². The molecule has 6 rings (SSSR count). The highest BCUT2D eigenvalue weighted by Crippen LogP contribution is 2.40. The minimum Gasteiger partial charge on any atom is -0.444 e. The van der Waals surface area contributed by atoms with Gasteiger partial charge in [0.05, 0.1) is 0 Å². The first-order chi connectivity index (χ1) is 18.7. The van der Waals surface area contributed by atoms with Gasteiger partial charge in [0.25, 0.3) is 0 Å². The summed E-state index contributed by atoms with van der Waals surface area (Å²) in [6.07, 6.45) is 9.85. The molecule has 3 heterocycles. The second-order valence-electron chi connectivity index (χ2n) is 12.7. The molecule has 2 fully saturated rings. The smallest absolute Gasteiger partial charge is 0.410 e. The third-order valence-corrected chi connectivity index (χ3v) is 8.71. The van der Waals surface area contributed by atoms with Crippen LogP contribution in [0.4, 0.5) is 16.2 Å². The van der Waals surface area contributed by atoms with Crippen LogP contribution in [0, 0.1) is 5.92 Å². The first-order valence-electron chi connectivity index (χ1n) is 14.6. The molecule has 2 N–H and O–H groups in total. The minimum atomic E-state index is -0.454. The highest BCUT2D eigenvalue weighted by atomic mass is 16.6. The number of amides is 1. The molecule has 1 amide bonds. The van der Waals surface area contributed by atoms with E-state index in [2.05, 4.69) is 70.9 Å². The van der Waals surface area contributed by atoms with E-state index in [0.717, 1.165) is 43.7 Å². The Labute approximate surface area is 239 Å². The molecule has 0 spiro atoms. The highest BCUT2D eigenvalue weighted by molar-refractivity contribution is 5.88. The van der Waals surface area contributed by atoms with Crippen LogP contribution in [-0.2, 0) is 11.2 Å². The zero-order valence-corrected chi connectivity index (χ0v) is 23.8. The van der Waals surface area contributed by atoms with E-state index in [1.807, 2.05) is 25.7 Å². The zero-order chi connectivity index (χ0) is 27.1. The lowest BCUT2D eigenvalue weighted by Crippen LogP contribution is -2.41.